The van der Waals surface area contributed by atoms with Gasteiger partial charge in [-0.05, 0) is 35.7 Å². The van der Waals surface area contributed by atoms with Crippen molar-refractivity contribution < 1.29 is 5.11 Å². The normalized spacial score (nSPS) is 11.0. The fraction of sp³-hybridized carbons (Fsp3) is 0. The van der Waals surface area contributed by atoms with Crippen LogP contribution in [-0.4, -0.2) is 20.1 Å². The minimum Gasteiger partial charge on any atom is -0.508 e. The summed E-state index contributed by atoms with van der Waals surface area (Å²) in [6.45, 7) is 0. The maximum absolute atomic E-state index is 9.69. The Hall–Kier alpha value is -2.99. The molecule has 3 aromatic heterocycles. The number of pyridine rings is 1. The molecule has 0 aliphatic carbocycles. The Morgan fingerprint density at radius 3 is 2.70 bits per heavy atom. The summed E-state index contributed by atoms with van der Waals surface area (Å²) in [6, 6.07) is 12.5. The number of phenolic OH excluding ortho intramolecular Hbond substituents is 1. The van der Waals surface area contributed by atoms with Gasteiger partial charge in [-0.2, -0.15) is 0 Å². The SMILES string of the molecule is Nc1ccc(-c2nc(-c3cccc(O)c3)nc3ccsc23)cn1. The van der Waals surface area contributed by atoms with E-state index in [2.05, 4.69) is 9.97 Å². The Morgan fingerprint density at radius 1 is 1.00 bits per heavy atom. The second-order valence-corrected chi connectivity index (χ2v) is 5.97. The Balaban J connectivity index is 1.96. The van der Waals surface area contributed by atoms with Crippen LogP contribution in [0.4, 0.5) is 5.82 Å². The van der Waals surface area contributed by atoms with E-state index >= 15 is 0 Å². The van der Waals surface area contributed by atoms with Gasteiger partial charge in [-0.1, -0.05) is 12.1 Å². The van der Waals surface area contributed by atoms with Gasteiger partial charge in [0.1, 0.15) is 11.6 Å². The van der Waals surface area contributed by atoms with Gasteiger partial charge in [-0.15, -0.1) is 11.3 Å². The van der Waals surface area contributed by atoms with Crippen molar-refractivity contribution in [2.75, 3.05) is 5.73 Å². The minimum absolute atomic E-state index is 0.187. The lowest BCUT2D eigenvalue weighted by molar-refractivity contribution is 0.475. The van der Waals surface area contributed by atoms with Crippen molar-refractivity contribution in [2.24, 2.45) is 0 Å². The summed E-state index contributed by atoms with van der Waals surface area (Å²) in [7, 11) is 0. The highest BCUT2D eigenvalue weighted by Gasteiger charge is 2.13. The van der Waals surface area contributed by atoms with Crippen molar-refractivity contribution in [3.63, 3.8) is 0 Å². The molecular weight excluding hydrogens is 308 g/mol. The quantitative estimate of drug-likeness (QED) is 0.588. The summed E-state index contributed by atoms with van der Waals surface area (Å²) >= 11 is 1.59. The van der Waals surface area contributed by atoms with Crippen LogP contribution in [0.15, 0.2) is 54.0 Å². The maximum Gasteiger partial charge on any atom is 0.160 e. The van der Waals surface area contributed by atoms with Crippen LogP contribution in [0.1, 0.15) is 0 Å². The fourth-order valence-electron chi connectivity index (χ4n) is 2.38. The van der Waals surface area contributed by atoms with Crippen molar-refractivity contribution in [3.8, 4) is 28.4 Å². The van der Waals surface area contributed by atoms with Gasteiger partial charge in [0.15, 0.2) is 5.82 Å². The first-order chi connectivity index (χ1) is 11.2. The molecule has 0 saturated heterocycles. The van der Waals surface area contributed by atoms with E-state index in [-0.39, 0.29) is 5.75 Å². The van der Waals surface area contributed by atoms with Gasteiger partial charge in [0.25, 0.3) is 0 Å². The predicted molar refractivity (Wildman–Crippen MR) is 92.2 cm³/mol. The van der Waals surface area contributed by atoms with Crippen LogP contribution in [0.3, 0.4) is 0 Å². The largest absolute Gasteiger partial charge is 0.508 e. The van der Waals surface area contributed by atoms with Crippen molar-refractivity contribution in [1.29, 1.82) is 0 Å². The molecule has 0 fully saturated rings. The molecule has 0 bridgehead atoms. The summed E-state index contributed by atoms with van der Waals surface area (Å²) in [5.74, 6) is 1.23. The molecule has 0 aliphatic heterocycles. The number of rotatable bonds is 2. The molecule has 0 radical (unpaired) electrons. The molecule has 0 aliphatic rings. The molecule has 4 aromatic rings. The van der Waals surface area contributed by atoms with Crippen LogP contribution in [0, 0.1) is 0 Å². The van der Waals surface area contributed by atoms with Crippen molar-refractivity contribution in [2.45, 2.75) is 0 Å². The highest BCUT2D eigenvalue weighted by Crippen LogP contribution is 2.32. The molecule has 0 amide bonds. The van der Waals surface area contributed by atoms with Crippen molar-refractivity contribution in [1.82, 2.24) is 15.0 Å². The Kier molecular flexibility index (Phi) is 3.17. The van der Waals surface area contributed by atoms with Crippen LogP contribution in [0.25, 0.3) is 32.9 Å². The monoisotopic (exact) mass is 320 g/mol. The molecule has 1 aromatic carbocycles. The van der Waals surface area contributed by atoms with Gasteiger partial charge in [-0.25, -0.2) is 15.0 Å². The van der Waals surface area contributed by atoms with Crippen molar-refractivity contribution >= 4 is 27.4 Å². The zero-order chi connectivity index (χ0) is 15.8. The number of hydrogen-bond acceptors (Lipinski definition) is 6. The number of phenols is 1. The first-order valence-electron chi connectivity index (χ1n) is 6.97. The first-order valence-corrected chi connectivity index (χ1v) is 7.85. The van der Waals surface area contributed by atoms with Gasteiger partial charge < -0.3 is 10.8 Å². The smallest absolute Gasteiger partial charge is 0.160 e. The number of nitrogen functional groups attached to an aromatic ring is 1. The number of anilines is 1. The molecule has 0 saturated carbocycles. The number of nitrogens with two attached hydrogens (primary N) is 1. The average molecular weight is 320 g/mol. The van der Waals surface area contributed by atoms with Gasteiger partial charge in [0.2, 0.25) is 0 Å². The molecule has 3 N–H and O–H groups in total. The average Bonchev–Trinajstić information content (AvgIpc) is 3.03. The molecular formula is C17H12N4OS. The number of hydrogen-bond donors (Lipinski definition) is 2. The van der Waals surface area contributed by atoms with E-state index in [1.807, 2.05) is 23.6 Å². The second-order valence-electron chi connectivity index (χ2n) is 5.05. The topological polar surface area (TPSA) is 84.9 Å². The molecule has 0 spiro atoms. The third-order valence-corrected chi connectivity index (χ3v) is 4.38. The van der Waals surface area contributed by atoms with E-state index in [0.717, 1.165) is 27.0 Å². The Labute approximate surface area is 136 Å². The van der Waals surface area contributed by atoms with Gasteiger partial charge in [0, 0.05) is 17.3 Å². The summed E-state index contributed by atoms with van der Waals surface area (Å²) in [5, 5.41) is 11.7. The van der Waals surface area contributed by atoms with Crippen LogP contribution in [0.2, 0.25) is 0 Å². The zero-order valence-corrected chi connectivity index (χ0v) is 12.8. The van der Waals surface area contributed by atoms with Gasteiger partial charge in [0.05, 0.1) is 15.9 Å². The third-order valence-electron chi connectivity index (χ3n) is 3.47. The highest BCUT2D eigenvalue weighted by atomic mass is 32.1. The zero-order valence-electron chi connectivity index (χ0n) is 12.0. The van der Waals surface area contributed by atoms with Crippen LogP contribution >= 0.6 is 11.3 Å². The summed E-state index contributed by atoms with van der Waals surface area (Å²) in [4.78, 5) is 13.4. The number of nitrogens with zero attached hydrogens (tertiary/aromatic N) is 3. The molecule has 3 heterocycles. The Morgan fingerprint density at radius 2 is 1.91 bits per heavy atom. The van der Waals surface area contributed by atoms with E-state index in [0.29, 0.717) is 11.6 Å². The number of aromatic hydroxyl groups is 1. The third kappa shape index (κ3) is 2.49. The highest BCUT2D eigenvalue weighted by molar-refractivity contribution is 7.17. The van der Waals surface area contributed by atoms with E-state index in [9.17, 15) is 5.11 Å². The lowest BCUT2D eigenvalue weighted by Crippen LogP contribution is -1.94. The molecule has 23 heavy (non-hydrogen) atoms. The van der Waals surface area contributed by atoms with Crippen molar-refractivity contribution in [3.05, 3.63) is 54.0 Å². The first kappa shape index (κ1) is 13.7. The Bertz CT molecular complexity index is 995. The summed E-state index contributed by atoms with van der Waals surface area (Å²) in [6.07, 6.45) is 1.71. The molecule has 6 heteroatoms. The lowest BCUT2D eigenvalue weighted by Gasteiger charge is -2.07. The molecule has 0 unspecified atom stereocenters. The molecule has 5 nitrogen and oxygen atoms in total. The minimum atomic E-state index is 0.187. The van der Waals surface area contributed by atoms with E-state index in [1.165, 1.54) is 0 Å². The predicted octanol–water partition coefficient (Wildman–Crippen LogP) is 3.71. The van der Waals surface area contributed by atoms with E-state index in [1.54, 1.807) is 41.8 Å². The van der Waals surface area contributed by atoms with Crippen LogP contribution in [-0.2, 0) is 0 Å². The van der Waals surface area contributed by atoms with Gasteiger partial charge >= 0.3 is 0 Å². The molecule has 4 rings (SSSR count). The van der Waals surface area contributed by atoms with Gasteiger partial charge in [-0.3, -0.25) is 0 Å². The van der Waals surface area contributed by atoms with Crippen LogP contribution in [0.5, 0.6) is 5.75 Å². The number of thiophene rings is 1. The van der Waals surface area contributed by atoms with E-state index in [4.69, 9.17) is 10.7 Å². The molecule has 112 valence electrons. The second kappa shape index (κ2) is 5.33. The number of aromatic nitrogens is 3. The van der Waals surface area contributed by atoms with E-state index < -0.39 is 0 Å². The number of benzene rings is 1. The molecule has 0 atom stereocenters. The standard InChI is InChI=1S/C17H12N4OS/c18-14-5-4-11(9-19-14)15-16-13(6-7-23-16)20-17(21-15)10-2-1-3-12(22)8-10/h1-9,22H,(H2,18,19). The maximum atomic E-state index is 9.69. The fourth-order valence-corrected chi connectivity index (χ4v) is 3.22. The van der Waals surface area contributed by atoms with Crippen LogP contribution < -0.4 is 5.73 Å². The summed E-state index contributed by atoms with van der Waals surface area (Å²) < 4.78 is 1.00. The summed E-state index contributed by atoms with van der Waals surface area (Å²) in [5.41, 5.74) is 9.00. The lowest BCUT2D eigenvalue weighted by atomic mass is 10.1. The number of fused-ring (bicyclic) bond motifs is 1.